The van der Waals surface area contributed by atoms with Crippen molar-refractivity contribution >= 4 is 5.97 Å². The Morgan fingerprint density at radius 1 is 0.800 bits per heavy atom. The van der Waals surface area contributed by atoms with E-state index >= 15 is 0 Å². The number of rotatable bonds is 0. The molecular weight excluding hydrogens is 188 g/mol. The lowest BCUT2D eigenvalue weighted by molar-refractivity contribution is -0.245. The van der Waals surface area contributed by atoms with E-state index in [0.29, 0.717) is 0 Å². The summed E-state index contributed by atoms with van der Waals surface area (Å²) in [4.78, 5) is 11.9. The van der Waals surface area contributed by atoms with Gasteiger partial charge in [0, 0.05) is 0 Å². The van der Waals surface area contributed by atoms with Gasteiger partial charge in [0.1, 0.15) is 11.0 Å². The standard InChI is InChI=1S/C13H20O2/c14-11-12(7-3-1-2-4-8-12)13(15-11)9-5-6-10-13/h1-10H2. The highest BCUT2D eigenvalue weighted by Gasteiger charge is 2.68. The molecule has 3 aliphatic rings. The third-order valence-corrected chi connectivity index (χ3v) is 4.92. The minimum Gasteiger partial charge on any atom is -0.457 e. The average Bonchev–Trinajstić information content (AvgIpc) is 2.57. The lowest BCUT2D eigenvalue weighted by atomic mass is 9.61. The molecule has 3 rings (SSSR count). The van der Waals surface area contributed by atoms with Crippen LogP contribution in [-0.4, -0.2) is 11.6 Å². The second-order valence-electron chi connectivity index (χ2n) is 5.59. The number of fused-ring (bicyclic) bond motifs is 1. The van der Waals surface area contributed by atoms with Crippen molar-refractivity contribution in [1.82, 2.24) is 0 Å². The lowest BCUT2D eigenvalue weighted by Crippen LogP contribution is -2.65. The maximum Gasteiger partial charge on any atom is 0.316 e. The molecule has 1 aliphatic heterocycles. The molecule has 0 amide bonds. The first-order chi connectivity index (χ1) is 7.29. The van der Waals surface area contributed by atoms with E-state index in [1.54, 1.807) is 0 Å². The number of ether oxygens (including phenoxy) is 1. The van der Waals surface area contributed by atoms with Crippen LogP contribution in [0.2, 0.25) is 0 Å². The molecule has 15 heavy (non-hydrogen) atoms. The van der Waals surface area contributed by atoms with Gasteiger partial charge in [-0.1, -0.05) is 25.7 Å². The van der Waals surface area contributed by atoms with Crippen molar-refractivity contribution in [2.24, 2.45) is 5.41 Å². The molecule has 0 N–H and O–H groups in total. The maximum absolute atomic E-state index is 11.9. The highest BCUT2D eigenvalue weighted by molar-refractivity contribution is 5.85. The molecule has 3 fully saturated rings. The van der Waals surface area contributed by atoms with Crippen LogP contribution >= 0.6 is 0 Å². The molecule has 2 saturated carbocycles. The first-order valence-corrected chi connectivity index (χ1v) is 6.53. The third-order valence-electron chi connectivity index (χ3n) is 4.92. The van der Waals surface area contributed by atoms with Crippen molar-refractivity contribution in [1.29, 1.82) is 0 Å². The van der Waals surface area contributed by atoms with Crippen LogP contribution in [0.3, 0.4) is 0 Å². The molecule has 2 nitrogen and oxygen atoms in total. The zero-order chi connectivity index (χ0) is 10.4. The molecule has 0 aromatic heterocycles. The van der Waals surface area contributed by atoms with Crippen LogP contribution < -0.4 is 0 Å². The second-order valence-corrected chi connectivity index (χ2v) is 5.59. The van der Waals surface area contributed by atoms with E-state index < -0.39 is 0 Å². The Morgan fingerprint density at radius 3 is 1.87 bits per heavy atom. The van der Waals surface area contributed by atoms with Gasteiger partial charge in [-0.05, 0) is 38.5 Å². The fourth-order valence-electron chi connectivity index (χ4n) is 4.03. The maximum atomic E-state index is 11.9. The molecule has 2 aliphatic carbocycles. The SMILES string of the molecule is O=C1OC2(CCCC2)C12CCCCCC2. The zero-order valence-electron chi connectivity index (χ0n) is 9.39. The van der Waals surface area contributed by atoms with Gasteiger partial charge >= 0.3 is 5.97 Å². The molecule has 0 aromatic rings. The topological polar surface area (TPSA) is 26.3 Å². The minimum absolute atomic E-state index is 0.00553. The van der Waals surface area contributed by atoms with Gasteiger partial charge in [-0.2, -0.15) is 0 Å². The van der Waals surface area contributed by atoms with Gasteiger partial charge in [-0.25, -0.2) is 0 Å². The average molecular weight is 208 g/mol. The molecule has 84 valence electrons. The Hall–Kier alpha value is -0.530. The summed E-state index contributed by atoms with van der Waals surface area (Å²) in [5, 5.41) is 0. The van der Waals surface area contributed by atoms with E-state index in [1.807, 2.05) is 0 Å². The molecule has 1 heterocycles. The highest BCUT2D eigenvalue weighted by Crippen LogP contribution is 2.60. The van der Waals surface area contributed by atoms with Crippen molar-refractivity contribution in [2.45, 2.75) is 69.8 Å². The lowest BCUT2D eigenvalue weighted by Gasteiger charge is -2.55. The first kappa shape index (κ1) is 9.68. The third kappa shape index (κ3) is 1.14. The van der Waals surface area contributed by atoms with Crippen LogP contribution in [-0.2, 0) is 9.53 Å². The quantitative estimate of drug-likeness (QED) is 0.571. The molecule has 2 heteroatoms. The Balaban J connectivity index is 1.89. The molecular formula is C13H20O2. The van der Waals surface area contributed by atoms with Crippen LogP contribution in [0, 0.1) is 5.41 Å². The fourth-order valence-corrected chi connectivity index (χ4v) is 4.03. The van der Waals surface area contributed by atoms with E-state index in [9.17, 15) is 4.79 Å². The Morgan fingerprint density at radius 2 is 1.33 bits per heavy atom. The van der Waals surface area contributed by atoms with Gasteiger partial charge in [0.25, 0.3) is 0 Å². The summed E-state index contributed by atoms with van der Waals surface area (Å²) < 4.78 is 5.60. The number of carbonyl (C=O) groups is 1. The van der Waals surface area contributed by atoms with Gasteiger partial charge in [-0.3, -0.25) is 4.79 Å². The van der Waals surface area contributed by atoms with Crippen LogP contribution in [0.4, 0.5) is 0 Å². The molecule has 0 radical (unpaired) electrons. The summed E-state index contributed by atoms with van der Waals surface area (Å²) >= 11 is 0. The van der Waals surface area contributed by atoms with E-state index in [1.165, 1.54) is 38.5 Å². The molecule has 0 aromatic carbocycles. The number of hydrogen-bond donors (Lipinski definition) is 0. The van der Waals surface area contributed by atoms with Crippen LogP contribution in [0.1, 0.15) is 64.2 Å². The van der Waals surface area contributed by atoms with Gasteiger partial charge in [0.05, 0.1) is 0 Å². The summed E-state index contributed by atoms with van der Waals surface area (Å²) in [5.41, 5.74) is -0.0472. The summed E-state index contributed by atoms with van der Waals surface area (Å²) in [7, 11) is 0. The van der Waals surface area contributed by atoms with Gasteiger partial charge < -0.3 is 4.74 Å². The summed E-state index contributed by atoms with van der Waals surface area (Å²) in [5.74, 6) is 0.131. The van der Waals surface area contributed by atoms with Crippen molar-refractivity contribution in [3.63, 3.8) is 0 Å². The predicted octanol–water partition coefficient (Wildman–Crippen LogP) is 3.20. The predicted molar refractivity (Wildman–Crippen MR) is 57.4 cm³/mol. The minimum atomic E-state index is -0.0417. The fraction of sp³-hybridized carbons (Fsp3) is 0.923. The monoisotopic (exact) mass is 208 g/mol. The van der Waals surface area contributed by atoms with E-state index in [-0.39, 0.29) is 17.0 Å². The van der Waals surface area contributed by atoms with Crippen LogP contribution in [0.15, 0.2) is 0 Å². The van der Waals surface area contributed by atoms with Crippen molar-refractivity contribution < 1.29 is 9.53 Å². The van der Waals surface area contributed by atoms with Gasteiger partial charge in [0.15, 0.2) is 0 Å². The first-order valence-electron chi connectivity index (χ1n) is 6.53. The number of carbonyl (C=O) groups excluding carboxylic acids is 1. The molecule has 2 spiro atoms. The largest absolute Gasteiger partial charge is 0.457 e. The molecule has 1 saturated heterocycles. The second kappa shape index (κ2) is 3.23. The normalized spacial score (nSPS) is 32.4. The highest BCUT2D eigenvalue weighted by atomic mass is 16.6. The number of hydrogen-bond acceptors (Lipinski definition) is 2. The molecule has 0 unspecified atom stereocenters. The van der Waals surface area contributed by atoms with Crippen molar-refractivity contribution in [2.75, 3.05) is 0 Å². The van der Waals surface area contributed by atoms with E-state index in [2.05, 4.69) is 0 Å². The van der Waals surface area contributed by atoms with Crippen molar-refractivity contribution in [3.05, 3.63) is 0 Å². The van der Waals surface area contributed by atoms with E-state index in [0.717, 1.165) is 25.7 Å². The molecule has 0 bridgehead atoms. The Bertz CT molecular complexity index is 268. The summed E-state index contributed by atoms with van der Waals surface area (Å²) in [6, 6.07) is 0. The summed E-state index contributed by atoms with van der Waals surface area (Å²) in [6.45, 7) is 0. The summed E-state index contributed by atoms with van der Waals surface area (Å²) in [6.07, 6.45) is 12.1. The van der Waals surface area contributed by atoms with E-state index in [4.69, 9.17) is 4.74 Å². The van der Waals surface area contributed by atoms with Crippen LogP contribution in [0.25, 0.3) is 0 Å². The zero-order valence-corrected chi connectivity index (χ0v) is 9.39. The van der Waals surface area contributed by atoms with Gasteiger partial charge in [0.2, 0.25) is 0 Å². The van der Waals surface area contributed by atoms with Gasteiger partial charge in [-0.15, -0.1) is 0 Å². The Kier molecular flexibility index (Phi) is 2.08. The van der Waals surface area contributed by atoms with Crippen LogP contribution in [0.5, 0.6) is 0 Å². The van der Waals surface area contributed by atoms with Crippen molar-refractivity contribution in [3.8, 4) is 0 Å². The Labute approximate surface area is 91.4 Å². The number of esters is 1. The molecule has 0 atom stereocenters. The smallest absolute Gasteiger partial charge is 0.316 e.